The standard InChI is InChI=1S/C14H17BrN2OS/c1-9-10(2)19-13(17-9)8-18-14-11(6-7-16)4-3-5-12(14)15/h3-5H,6-8,16H2,1-2H3. The van der Waals surface area contributed by atoms with Crippen molar-refractivity contribution in [2.75, 3.05) is 6.54 Å². The monoisotopic (exact) mass is 340 g/mol. The lowest BCUT2D eigenvalue weighted by molar-refractivity contribution is 0.300. The van der Waals surface area contributed by atoms with Gasteiger partial charge in [0.2, 0.25) is 0 Å². The van der Waals surface area contributed by atoms with Crippen LogP contribution in [0.4, 0.5) is 0 Å². The van der Waals surface area contributed by atoms with Crippen LogP contribution in [0, 0.1) is 13.8 Å². The Morgan fingerprint density at radius 3 is 2.79 bits per heavy atom. The molecule has 0 unspecified atom stereocenters. The number of ether oxygens (including phenoxy) is 1. The van der Waals surface area contributed by atoms with E-state index in [0.29, 0.717) is 13.2 Å². The van der Waals surface area contributed by atoms with Crippen LogP contribution in [-0.2, 0) is 13.0 Å². The second kappa shape index (κ2) is 6.50. The highest BCUT2D eigenvalue weighted by molar-refractivity contribution is 9.10. The van der Waals surface area contributed by atoms with E-state index in [9.17, 15) is 0 Å². The van der Waals surface area contributed by atoms with E-state index in [1.807, 2.05) is 25.1 Å². The van der Waals surface area contributed by atoms with Crippen molar-refractivity contribution in [3.8, 4) is 5.75 Å². The van der Waals surface area contributed by atoms with Crippen molar-refractivity contribution >= 4 is 27.3 Å². The number of hydrogen-bond acceptors (Lipinski definition) is 4. The number of nitrogens with two attached hydrogens (primary N) is 1. The minimum absolute atomic E-state index is 0.500. The first-order chi connectivity index (χ1) is 9.11. The summed E-state index contributed by atoms with van der Waals surface area (Å²) in [5.41, 5.74) is 7.84. The Morgan fingerprint density at radius 2 is 2.16 bits per heavy atom. The fraction of sp³-hybridized carbons (Fsp3) is 0.357. The SMILES string of the molecule is Cc1nc(COc2c(Br)cccc2CCN)sc1C. The van der Waals surface area contributed by atoms with Gasteiger partial charge >= 0.3 is 0 Å². The number of rotatable bonds is 5. The maximum atomic E-state index is 5.92. The van der Waals surface area contributed by atoms with Crippen molar-refractivity contribution in [2.24, 2.45) is 5.73 Å². The molecule has 2 aromatic rings. The van der Waals surface area contributed by atoms with E-state index >= 15 is 0 Å². The highest BCUT2D eigenvalue weighted by Crippen LogP contribution is 2.30. The van der Waals surface area contributed by atoms with Crippen LogP contribution in [0.2, 0.25) is 0 Å². The molecule has 0 radical (unpaired) electrons. The molecule has 0 saturated heterocycles. The summed E-state index contributed by atoms with van der Waals surface area (Å²) in [5, 5.41) is 1.00. The molecule has 2 rings (SSSR count). The number of aryl methyl sites for hydroxylation is 2. The molecule has 0 aliphatic rings. The van der Waals surface area contributed by atoms with Crippen LogP contribution in [0.25, 0.3) is 0 Å². The topological polar surface area (TPSA) is 48.1 Å². The molecule has 102 valence electrons. The molecule has 1 aromatic carbocycles. The summed E-state index contributed by atoms with van der Waals surface area (Å²) in [4.78, 5) is 5.73. The maximum Gasteiger partial charge on any atom is 0.140 e. The smallest absolute Gasteiger partial charge is 0.140 e. The van der Waals surface area contributed by atoms with E-state index in [1.54, 1.807) is 11.3 Å². The number of hydrogen-bond donors (Lipinski definition) is 1. The third-order valence-corrected chi connectivity index (χ3v) is 4.55. The van der Waals surface area contributed by atoms with Crippen molar-refractivity contribution in [2.45, 2.75) is 26.9 Å². The zero-order valence-corrected chi connectivity index (χ0v) is 13.5. The molecule has 1 heterocycles. The van der Waals surface area contributed by atoms with Crippen molar-refractivity contribution in [3.63, 3.8) is 0 Å². The van der Waals surface area contributed by atoms with E-state index in [4.69, 9.17) is 10.5 Å². The molecule has 3 nitrogen and oxygen atoms in total. The van der Waals surface area contributed by atoms with Crippen LogP contribution < -0.4 is 10.5 Å². The molecule has 0 aliphatic carbocycles. The molecule has 0 bridgehead atoms. The average Bonchev–Trinajstić information content (AvgIpc) is 2.68. The summed E-state index contributed by atoms with van der Waals surface area (Å²) in [5.74, 6) is 0.874. The Morgan fingerprint density at radius 1 is 1.37 bits per heavy atom. The van der Waals surface area contributed by atoms with Crippen LogP contribution in [0.3, 0.4) is 0 Å². The largest absolute Gasteiger partial charge is 0.485 e. The van der Waals surface area contributed by atoms with Gasteiger partial charge in [0.1, 0.15) is 17.4 Å². The van der Waals surface area contributed by atoms with Gasteiger partial charge in [-0.2, -0.15) is 0 Å². The zero-order chi connectivity index (χ0) is 13.8. The number of thiazole rings is 1. The first-order valence-electron chi connectivity index (χ1n) is 6.15. The number of halogens is 1. The van der Waals surface area contributed by atoms with Crippen LogP contribution in [0.5, 0.6) is 5.75 Å². The van der Waals surface area contributed by atoms with Gasteiger partial charge in [-0.05, 0) is 54.4 Å². The highest BCUT2D eigenvalue weighted by atomic mass is 79.9. The minimum Gasteiger partial charge on any atom is -0.485 e. The highest BCUT2D eigenvalue weighted by Gasteiger charge is 2.10. The fourth-order valence-corrected chi connectivity index (χ4v) is 3.17. The van der Waals surface area contributed by atoms with Crippen LogP contribution in [0.15, 0.2) is 22.7 Å². The molecule has 0 aliphatic heterocycles. The Bertz CT molecular complexity index is 549. The third kappa shape index (κ3) is 3.55. The first kappa shape index (κ1) is 14.5. The van der Waals surface area contributed by atoms with Gasteiger partial charge in [0.25, 0.3) is 0 Å². The molecule has 0 saturated carbocycles. The van der Waals surface area contributed by atoms with E-state index in [-0.39, 0.29) is 0 Å². The normalized spacial score (nSPS) is 10.7. The molecular formula is C14H17BrN2OS. The number of benzene rings is 1. The predicted molar refractivity (Wildman–Crippen MR) is 82.8 cm³/mol. The lowest BCUT2D eigenvalue weighted by Crippen LogP contribution is -2.06. The van der Waals surface area contributed by atoms with Gasteiger partial charge < -0.3 is 10.5 Å². The molecular weight excluding hydrogens is 324 g/mol. The number of aromatic nitrogens is 1. The molecule has 19 heavy (non-hydrogen) atoms. The van der Waals surface area contributed by atoms with Crippen LogP contribution in [-0.4, -0.2) is 11.5 Å². The number of nitrogens with zero attached hydrogens (tertiary/aromatic N) is 1. The molecule has 0 atom stereocenters. The Balaban J connectivity index is 2.14. The summed E-state index contributed by atoms with van der Waals surface area (Å²) in [6.07, 6.45) is 0.810. The van der Waals surface area contributed by atoms with Crippen molar-refractivity contribution < 1.29 is 4.74 Å². The summed E-state index contributed by atoms with van der Waals surface area (Å²) in [6, 6.07) is 6.03. The van der Waals surface area contributed by atoms with Gasteiger partial charge in [-0.25, -0.2) is 4.98 Å². The van der Waals surface area contributed by atoms with Crippen LogP contribution >= 0.6 is 27.3 Å². The van der Waals surface area contributed by atoms with E-state index in [2.05, 4.69) is 27.8 Å². The van der Waals surface area contributed by atoms with E-state index in [0.717, 1.165) is 32.9 Å². The molecule has 5 heteroatoms. The van der Waals surface area contributed by atoms with Gasteiger partial charge in [0.15, 0.2) is 0 Å². The zero-order valence-electron chi connectivity index (χ0n) is 11.1. The van der Waals surface area contributed by atoms with Gasteiger partial charge in [-0.1, -0.05) is 12.1 Å². The van der Waals surface area contributed by atoms with Gasteiger partial charge in [-0.15, -0.1) is 11.3 Å². The summed E-state index contributed by atoms with van der Waals surface area (Å²) in [6.45, 7) is 5.21. The third-order valence-electron chi connectivity index (χ3n) is 2.88. The Labute approximate surface area is 125 Å². The van der Waals surface area contributed by atoms with Crippen molar-refractivity contribution in [3.05, 3.63) is 43.8 Å². The lowest BCUT2D eigenvalue weighted by atomic mass is 10.1. The fourth-order valence-electron chi connectivity index (χ4n) is 1.80. The van der Waals surface area contributed by atoms with Crippen molar-refractivity contribution in [1.82, 2.24) is 4.98 Å². The second-order valence-electron chi connectivity index (χ2n) is 4.30. The first-order valence-corrected chi connectivity index (χ1v) is 7.76. The second-order valence-corrected chi connectivity index (χ2v) is 6.45. The Hall–Kier alpha value is -0.910. The van der Waals surface area contributed by atoms with E-state index in [1.165, 1.54) is 4.88 Å². The average molecular weight is 341 g/mol. The Kier molecular flexibility index (Phi) is 4.96. The summed E-state index contributed by atoms with van der Waals surface area (Å²) >= 11 is 5.21. The number of para-hydroxylation sites is 1. The molecule has 0 spiro atoms. The quantitative estimate of drug-likeness (QED) is 0.904. The summed E-state index contributed by atoms with van der Waals surface area (Å²) < 4.78 is 6.88. The molecule has 1 aromatic heterocycles. The lowest BCUT2D eigenvalue weighted by Gasteiger charge is -2.11. The maximum absolute atomic E-state index is 5.92. The van der Waals surface area contributed by atoms with Gasteiger partial charge in [0, 0.05) is 4.88 Å². The minimum atomic E-state index is 0.500. The van der Waals surface area contributed by atoms with E-state index < -0.39 is 0 Å². The molecule has 0 amide bonds. The van der Waals surface area contributed by atoms with Gasteiger partial charge in [0.05, 0.1) is 10.2 Å². The predicted octanol–water partition coefficient (Wildman–Crippen LogP) is 3.60. The van der Waals surface area contributed by atoms with Crippen molar-refractivity contribution in [1.29, 1.82) is 0 Å². The molecule has 0 fully saturated rings. The molecule has 2 N–H and O–H groups in total. The summed E-state index contributed by atoms with van der Waals surface area (Å²) in [7, 11) is 0. The van der Waals surface area contributed by atoms with Gasteiger partial charge in [-0.3, -0.25) is 0 Å². The van der Waals surface area contributed by atoms with Crippen LogP contribution in [0.1, 0.15) is 21.1 Å².